The predicted octanol–water partition coefficient (Wildman–Crippen LogP) is 5.54. The van der Waals surface area contributed by atoms with Crippen molar-refractivity contribution in [1.82, 2.24) is 4.90 Å². The molecule has 2 saturated heterocycles. The number of carboxylic acid groups (broad SMARTS) is 1. The first kappa shape index (κ1) is 22.2. The summed E-state index contributed by atoms with van der Waals surface area (Å²) in [6.45, 7) is 3.25. The van der Waals surface area contributed by atoms with Crippen molar-refractivity contribution >= 4 is 16.7 Å². The van der Waals surface area contributed by atoms with Gasteiger partial charge in [-0.2, -0.15) is 5.26 Å². The number of hydrogen-bond acceptors (Lipinski definition) is 4. The third-order valence-electron chi connectivity index (χ3n) is 8.31. The summed E-state index contributed by atoms with van der Waals surface area (Å²) in [7, 11) is 0. The number of carbonyl (C=O) groups is 1. The molecule has 0 spiro atoms. The summed E-state index contributed by atoms with van der Waals surface area (Å²) in [5.74, 6) is 0.675. The van der Waals surface area contributed by atoms with Gasteiger partial charge in [-0.1, -0.05) is 25.1 Å². The van der Waals surface area contributed by atoms with Crippen molar-refractivity contribution in [3.8, 4) is 11.8 Å². The molecule has 1 N–H and O–H groups in total. The van der Waals surface area contributed by atoms with E-state index in [0.29, 0.717) is 17.6 Å². The van der Waals surface area contributed by atoms with Crippen LogP contribution in [0.4, 0.5) is 0 Å². The number of nitrogens with zero attached hydrogens (tertiary/aromatic N) is 2. The molecule has 5 heteroatoms. The van der Waals surface area contributed by atoms with Crippen LogP contribution in [0.2, 0.25) is 0 Å². The van der Waals surface area contributed by atoms with E-state index in [9.17, 15) is 15.2 Å². The summed E-state index contributed by atoms with van der Waals surface area (Å²) in [5.41, 5.74) is 1.87. The highest BCUT2D eigenvalue weighted by atomic mass is 16.5. The van der Waals surface area contributed by atoms with E-state index < -0.39 is 5.97 Å². The Balaban J connectivity index is 1.31. The van der Waals surface area contributed by atoms with Crippen LogP contribution in [0.15, 0.2) is 30.3 Å². The quantitative estimate of drug-likeness (QED) is 0.631. The second-order valence-corrected chi connectivity index (χ2v) is 10.5. The highest BCUT2D eigenvalue weighted by molar-refractivity contribution is 5.90. The van der Waals surface area contributed by atoms with Crippen molar-refractivity contribution in [2.75, 3.05) is 6.54 Å². The minimum absolute atomic E-state index is 0.177. The maximum atomic E-state index is 11.5. The fraction of sp³-hybridized carbons (Fsp3) is 0.571. The van der Waals surface area contributed by atoms with Crippen molar-refractivity contribution in [1.29, 1.82) is 5.26 Å². The Hall–Kier alpha value is -2.58. The number of benzene rings is 2. The molecule has 2 aromatic carbocycles. The minimum atomic E-state index is -0.633. The minimum Gasteiger partial charge on any atom is -0.489 e. The number of ether oxygens (including phenoxy) is 1. The third-order valence-corrected chi connectivity index (χ3v) is 8.31. The maximum Gasteiger partial charge on any atom is 0.306 e. The van der Waals surface area contributed by atoms with Gasteiger partial charge >= 0.3 is 5.97 Å². The number of hydrogen-bond donors (Lipinski definition) is 1. The number of rotatable bonds is 6. The number of piperidine rings is 1. The first-order chi connectivity index (χ1) is 16.0. The van der Waals surface area contributed by atoms with E-state index >= 15 is 0 Å². The molecule has 3 fully saturated rings. The number of fused-ring (bicyclic) bond motifs is 3. The van der Waals surface area contributed by atoms with Gasteiger partial charge < -0.3 is 9.84 Å². The van der Waals surface area contributed by atoms with Gasteiger partial charge in [0.05, 0.1) is 12.0 Å². The Kier molecular flexibility index (Phi) is 6.29. The van der Waals surface area contributed by atoms with Gasteiger partial charge in [0.1, 0.15) is 17.4 Å². The summed E-state index contributed by atoms with van der Waals surface area (Å²) >= 11 is 0. The molecule has 2 aliphatic heterocycles. The second-order valence-electron chi connectivity index (χ2n) is 10.5. The van der Waals surface area contributed by atoms with Gasteiger partial charge in [0.15, 0.2) is 0 Å². The van der Waals surface area contributed by atoms with Gasteiger partial charge in [-0.15, -0.1) is 0 Å². The van der Waals surface area contributed by atoms with Gasteiger partial charge in [0.25, 0.3) is 0 Å². The molecule has 0 radical (unpaired) electrons. The molecule has 3 aliphatic rings. The number of carboxylic acids is 1. The Bertz CT molecular complexity index is 1050. The van der Waals surface area contributed by atoms with Crippen LogP contribution in [-0.2, 0) is 11.2 Å². The first-order valence-corrected chi connectivity index (χ1v) is 12.6. The van der Waals surface area contributed by atoms with Gasteiger partial charge in [0.2, 0.25) is 0 Å². The lowest BCUT2D eigenvalue weighted by molar-refractivity contribution is -0.144. The Morgan fingerprint density at radius 1 is 1.09 bits per heavy atom. The largest absolute Gasteiger partial charge is 0.489 e. The summed E-state index contributed by atoms with van der Waals surface area (Å²) < 4.78 is 6.32. The first-order valence-electron chi connectivity index (χ1n) is 12.6. The van der Waals surface area contributed by atoms with E-state index in [1.54, 1.807) is 0 Å². The van der Waals surface area contributed by atoms with Crippen LogP contribution in [0.25, 0.3) is 10.8 Å². The second kappa shape index (κ2) is 9.35. The summed E-state index contributed by atoms with van der Waals surface area (Å²) in [6, 6.07) is 13.7. The van der Waals surface area contributed by atoms with E-state index in [0.717, 1.165) is 73.9 Å². The topological polar surface area (TPSA) is 73.6 Å². The van der Waals surface area contributed by atoms with E-state index in [1.165, 1.54) is 18.4 Å². The van der Waals surface area contributed by atoms with Crippen LogP contribution in [0, 0.1) is 23.2 Å². The highest BCUT2D eigenvalue weighted by Gasteiger charge is 2.42. The SMILES string of the molecule is C[C@H]1CC[C@@H](Oc2ccc3ccc(CCN4C5CCC4CC(C(=O)O)C5)cc3c2C#N)CC1. The van der Waals surface area contributed by atoms with Crippen LogP contribution in [0.1, 0.15) is 69.4 Å². The van der Waals surface area contributed by atoms with Gasteiger partial charge in [0, 0.05) is 24.0 Å². The monoisotopic (exact) mass is 446 g/mol. The molecule has 2 heterocycles. The molecule has 0 amide bonds. The zero-order valence-electron chi connectivity index (χ0n) is 19.5. The van der Waals surface area contributed by atoms with Crippen molar-refractivity contribution in [2.24, 2.45) is 11.8 Å². The molecule has 5 rings (SSSR count). The molecular weight excluding hydrogens is 412 g/mol. The smallest absolute Gasteiger partial charge is 0.306 e. The van der Waals surface area contributed by atoms with E-state index in [1.807, 2.05) is 6.07 Å². The molecule has 2 bridgehead atoms. The van der Waals surface area contributed by atoms with Crippen molar-refractivity contribution in [3.05, 3.63) is 41.5 Å². The van der Waals surface area contributed by atoms with E-state index in [4.69, 9.17) is 4.74 Å². The normalized spacial score (nSPS) is 29.6. The molecule has 2 unspecified atom stereocenters. The van der Waals surface area contributed by atoms with Crippen LogP contribution in [0.5, 0.6) is 5.75 Å². The Morgan fingerprint density at radius 2 is 1.79 bits per heavy atom. The fourth-order valence-corrected chi connectivity index (χ4v) is 6.34. The zero-order chi connectivity index (χ0) is 22.9. The summed E-state index contributed by atoms with van der Waals surface area (Å²) in [4.78, 5) is 14.0. The molecular formula is C28H34N2O3. The molecule has 1 saturated carbocycles. The molecule has 5 nitrogen and oxygen atoms in total. The van der Waals surface area contributed by atoms with Crippen LogP contribution < -0.4 is 4.74 Å². The molecule has 2 aromatic rings. The van der Waals surface area contributed by atoms with Gasteiger partial charge in [-0.3, -0.25) is 9.69 Å². The van der Waals surface area contributed by atoms with Gasteiger partial charge in [-0.05, 0) is 86.8 Å². The lowest BCUT2D eigenvalue weighted by atomic mass is 9.89. The molecule has 174 valence electrons. The number of nitriles is 1. The summed E-state index contributed by atoms with van der Waals surface area (Å²) in [5, 5.41) is 21.4. The average Bonchev–Trinajstić information content (AvgIpc) is 3.05. The average molecular weight is 447 g/mol. The molecule has 0 aromatic heterocycles. The maximum absolute atomic E-state index is 11.5. The van der Waals surface area contributed by atoms with Gasteiger partial charge in [-0.25, -0.2) is 0 Å². The van der Waals surface area contributed by atoms with E-state index in [-0.39, 0.29) is 12.0 Å². The highest BCUT2D eigenvalue weighted by Crippen LogP contribution is 2.39. The van der Waals surface area contributed by atoms with Crippen LogP contribution in [-0.4, -0.2) is 40.7 Å². The Morgan fingerprint density at radius 3 is 2.45 bits per heavy atom. The summed E-state index contributed by atoms with van der Waals surface area (Å²) in [6.07, 6.45) is 9.42. The van der Waals surface area contributed by atoms with Crippen molar-refractivity contribution in [3.63, 3.8) is 0 Å². The zero-order valence-corrected chi connectivity index (χ0v) is 19.5. The Labute approximate surface area is 196 Å². The third kappa shape index (κ3) is 4.59. The molecule has 33 heavy (non-hydrogen) atoms. The van der Waals surface area contributed by atoms with Crippen molar-refractivity contribution < 1.29 is 14.6 Å². The van der Waals surface area contributed by atoms with E-state index in [2.05, 4.69) is 42.2 Å². The lowest BCUT2D eigenvalue weighted by Crippen LogP contribution is -2.45. The molecule has 2 atom stereocenters. The molecule has 1 aliphatic carbocycles. The predicted molar refractivity (Wildman–Crippen MR) is 128 cm³/mol. The van der Waals surface area contributed by atoms with Crippen molar-refractivity contribution in [2.45, 2.75) is 82.9 Å². The number of aliphatic carboxylic acids is 1. The lowest BCUT2D eigenvalue weighted by Gasteiger charge is -2.37. The fourth-order valence-electron chi connectivity index (χ4n) is 6.34. The standard InChI is InChI=1S/C28H34N2O3/c1-18-2-9-24(10-3-18)33-27-11-6-20-5-4-19(14-25(20)26(27)17-29)12-13-30-22-7-8-23(30)16-21(15-22)28(31)32/h4-6,11,14,18,21-24H,2-3,7-10,12-13,15-16H2,1H3,(H,31,32)/t18-,21?,22?,23?,24+. The van der Waals surface area contributed by atoms with Crippen LogP contribution in [0.3, 0.4) is 0 Å². The van der Waals surface area contributed by atoms with Crippen LogP contribution >= 0.6 is 0 Å².